The Hall–Kier alpha value is -3.98. The lowest BCUT2D eigenvalue weighted by Gasteiger charge is -2.47. The Bertz CT molecular complexity index is 2110. The maximum atomic E-state index is 13.3. The molecule has 4 atom stereocenters. The molecule has 69 heavy (non-hydrogen) atoms. The molecule has 9 nitrogen and oxygen atoms in total. The Labute approximate surface area is 417 Å². The minimum absolute atomic E-state index is 0.0214. The second-order valence-electron chi connectivity index (χ2n) is 23.8. The molecule has 384 valence electrons. The van der Waals surface area contributed by atoms with Crippen molar-refractivity contribution >= 4 is 11.9 Å². The molecule has 2 saturated heterocycles. The van der Waals surface area contributed by atoms with E-state index in [0.717, 1.165) is 84.5 Å². The van der Waals surface area contributed by atoms with Gasteiger partial charge in [0.25, 0.3) is 0 Å². The lowest BCUT2D eigenvalue weighted by molar-refractivity contribution is -0.133. The number of hydrogen-bond donors (Lipinski definition) is 4. The summed E-state index contributed by atoms with van der Waals surface area (Å²) in [4.78, 5) is 26.9. The summed E-state index contributed by atoms with van der Waals surface area (Å²) in [5.74, 6) is 1.93. The molecular weight excluding hydrogens is 861 g/mol. The van der Waals surface area contributed by atoms with Gasteiger partial charge in [0.2, 0.25) is 5.91 Å². The molecule has 0 aromatic heterocycles. The number of benzene rings is 2. The lowest BCUT2D eigenvalue weighted by atomic mass is 9.66. The van der Waals surface area contributed by atoms with Crippen LogP contribution in [0.15, 0.2) is 47.6 Å². The van der Waals surface area contributed by atoms with Gasteiger partial charge in [-0.2, -0.15) is 0 Å². The van der Waals surface area contributed by atoms with Gasteiger partial charge in [0, 0.05) is 59.0 Å². The van der Waals surface area contributed by atoms with Crippen LogP contribution < -0.4 is 14.8 Å². The molecule has 0 radical (unpaired) electrons. The number of carbonyl (C=O) groups is 2. The first kappa shape index (κ1) is 54.4. The summed E-state index contributed by atoms with van der Waals surface area (Å²) in [6.07, 6.45) is 26.2. The fraction of sp³-hybridized carbons (Fsp3) is 0.700. The van der Waals surface area contributed by atoms with Gasteiger partial charge in [-0.25, -0.2) is 4.79 Å². The minimum Gasteiger partial charge on any atom is -0.508 e. The first-order chi connectivity index (χ1) is 32.7. The number of nitrogens with one attached hydrogen (secondary N) is 1. The molecule has 1 amide bonds. The molecule has 2 aromatic rings. The van der Waals surface area contributed by atoms with Crippen molar-refractivity contribution in [3.05, 3.63) is 69.8 Å². The van der Waals surface area contributed by atoms with Crippen molar-refractivity contribution in [2.24, 2.45) is 11.8 Å². The summed E-state index contributed by atoms with van der Waals surface area (Å²) in [6.45, 7) is 26.2. The number of carbonyl (C=O) groups excluding carboxylic acids is 1. The number of carboxylic acids is 1. The SMILES string of the molecule is C1CCNCC1.CCCCCCC(C)(C)c1cc(O)c2c(c1)OC(C)(C)[C@@H]1CC=C(C(=O)N3CCCCC3)C[C@@H]21.CCCCCCC(C)(C)c1cc(O)c2c(c1)OC(C)(C)[C@@H]1CC=C(C(=O)O)C[C@@H]21. The molecule has 9 heteroatoms. The average molecular weight is 953 g/mol. The standard InChI is InChI=1S/C30H45NO3.C25H36O4.C5H11N/c1-6-7-8-10-15-29(2,3)22-19-25(32)27-23-18-21(28(33)31-16-11-9-12-17-31)13-14-24(23)30(4,5)34-26(27)20-22;1-6-7-8-9-12-24(2,3)17-14-20(26)22-18-13-16(23(27)28)10-11-19(18)25(4,5)29-21(22)15-17;1-2-4-6-5-3-1/h13,19-20,23-24,32H,6-12,14-18H2,1-5H3;10,14-15,18-19,26H,6-9,11-13H2,1-5H3,(H,27,28);6H,1-5H2/t23-,24-;18-,19-;/m11./s1. The number of unbranched alkanes of at least 4 members (excludes halogenated alkanes) is 6. The van der Waals surface area contributed by atoms with Crippen LogP contribution in [-0.4, -0.2) is 69.5 Å². The number of ether oxygens (including phenoxy) is 2. The van der Waals surface area contributed by atoms with E-state index in [1.165, 1.54) is 90.1 Å². The zero-order chi connectivity index (χ0) is 50.1. The maximum Gasteiger partial charge on any atom is 0.331 e. The highest BCUT2D eigenvalue weighted by atomic mass is 16.5. The van der Waals surface area contributed by atoms with Gasteiger partial charge in [-0.15, -0.1) is 0 Å². The maximum absolute atomic E-state index is 13.3. The third-order valence-corrected chi connectivity index (χ3v) is 16.9. The normalized spacial score (nSPS) is 23.5. The van der Waals surface area contributed by atoms with Gasteiger partial charge in [0.15, 0.2) is 0 Å². The van der Waals surface area contributed by atoms with Crippen LogP contribution >= 0.6 is 0 Å². The van der Waals surface area contributed by atoms with E-state index in [1.54, 1.807) is 0 Å². The molecule has 4 N–H and O–H groups in total. The van der Waals surface area contributed by atoms with Crippen molar-refractivity contribution in [2.75, 3.05) is 26.2 Å². The number of phenols is 2. The third kappa shape index (κ3) is 13.3. The van der Waals surface area contributed by atoms with E-state index in [1.807, 2.05) is 23.1 Å². The molecule has 6 aliphatic rings. The van der Waals surface area contributed by atoms with Crippen LogP contribution in [0, 0.1) is 11.8 Å². The predicted molar refractivity (Wildman–Crippen MR) is 281 cm³/mol. The topological polar surface area (TPSA) is 129 Å². The fourth-order valence-corrected chi connectivity index (χ4v) is 12.3. The van der Waals surface area contributed by atoms with Gasteiger partial charge in [-0.1, -0.05) is 111 Å². The van der Waals surface area contributed by atoms with E-state index in [2.05, 4.69) is 92.8 Å². The van der Waals surface area contributed by atoms with Crippen molar-refractivity contribution in [3.63, 3.8) is 0 Å². The zero-order valence-electron chi connectivity index (χ0n) is 44.7. The smallest absolute Gasteiger partial charge is 0.331 e. The van der Waals surface area contributed by atoms with Crippen molar-refractivity contribution < 1.29 is 34.4 Å². The number of piperidine rings is 2. The van der Waals surface area contributed by atoms with Gasteiger partial charge in [0.1, 0.15) is 34.2 Å². The quantitative estimate of drug-likeness (QED) is 0.138. The molecule has 4 aliphatic heterocycles. The number of likely N-dealkylation sites (tertiary alicyclic amines) is 1. The highest BCUT2D eigenvalue weighted by molar-refractivity contribution is 5.94. The zero-order valence-corrected chi connectivity index (χ0v) is 44.7. The average Bonchev–Trinajstić information content (AvgIpc) is 3.31. The van der Waals surface area contributed by atoms with E-state index in [4.69, 9.17) is 9.47 Å². The van der Waals surface area contributed by atoms with Crippen LogP contribution in [0.5, 0.6) is 23.0 Å². The van der Waals surface area contributed by atoms with Crippen LogP contribution in [0.4, 0.5) is 0 Å². The first-order valence-corrected chi connectivity index (χ1v) is 27.4. The molecule has 0 bridgehead atoms. The molecular formula is C60H92N2O7. The van der Waals surface area contributed by atoms with Crippen LogP contribution in [0.3, 0.4) is 0 Å². The Kier molecular flexibility index (Phi) is 18.5. The Balaban J connectivity index is 0.000000204. The summed E-state index contributed by atoms with van der Waals surface area (Å²) in [7, 11) is 0. The minimum atomic E-state index is -0.862. The van der Waals surface area contributed by atoms with Gasteiger partial charge >= 0.3 is 5.97 Å². The number of aromatic hydroxyl groups is 2. The summed E-state index contributed by atoms with van der Waals surface area (Å²) < 4.78 is 13.0. The molecule has 8 rings (SSSR count). The van der Waals surface area contributed by atoms with Gasteiger partial charge in [-0.05, 0) is 158 Å². The molecule has 4 heterocycles. The van der Waals surface area contributed by atoms with Gasteiger partial charge < -0.3 is 35.0 Å². The molecule has 2 fully saturated rings. The number of amides is 1. The summed E-state index contributed by atoms with van der Waals surface area (Å²) >= 11 is 0. The predicted octanol–water partition coefficient (Wildman–Crippen LogP) is 14.3. The van der Waals surface area contributed by atoms with E-state index in [-0.39, 0.29) is 51.8 Å². The molecule has 0 saturated carbocycles. The van der Waals surface area contributed by atoms with E-state index in [0.29, 0.717) is 30.6 Å². The lowest BCUT2D eigenvalue weighted by Crippen LogP contribution is -2.46. The first-order valence-electron chi connectivity index (χ1n) is 27.4. The Morgan fingerprint density at radius 3 is 1.48 bits per heavy atom. The van der Waals surface area contributed by atoms with Crippen LogP contribution in [0.25, 0.3) is 0 Å². The number of rotatable bonds is 14. The number of hydrogen-bond acceptors (Lipinski definition) is 7. The van der Waals surface area contributed by atoms with Gasteiger partial charge in [0.05, 0.1) is 0 Å². The molecule has 2 aliphatic carbocycles. The fourth-order valence-electron chi connectivity index (χ4n) is 12.3. The van der Waals surface area contributed by atoms with Crippen LogP contribution in [0.2, 0.25) is 0 Å². The highest BCUT2D eigenvalue weighted by Gasteiger charge is 2.49. The Morgan fingerprint density at radius 2 is 1.07 bits per heavy atom. The summed E-state index contributed by atoms with van der Waals surface area (Å²) in [5, 5.41) is 35.1. The van der Waals surface area contributed by atoms with E-state index < -0.39 is 11.6 Å². The second-order valence-corrected chi connectivity index (χ2v) is 23.8. The van der Waals surface area contributed by atoms with Crippen molar-refractivity contribution in [3.8, 4) is 23.0 Å². The number of fused-ring (bicyclic) bond motifs is 6. The van der Waals surface area contributed by atoms with Crippen molar-refractivity contribution in [2.45, 2.75) is 232 Å². The van der Waals surface area contributed by atoms with Crippen LogP contribution in [0.1, 0.15) is 232 Å². The number of phenolic OH excluding ortho intramolecular Hbond substituents is 2. The van der Waals surface area contributed by atoms with E-state index >= 15 is 0 Å². The van der Waals surface area contributed by atoms with Gasteiger partial charge in [-0.3, -0.25) is 4.79 Å². The number of aliphatic carboxylic acids is 1. The summed E-state index contributed by atoms with van der Waals surface area (Å²) in [5.41, 5.74) is 4.46. The Morgan fingerprint density at radius 1 is 0.638 bits per heavy atom. The third-order valence-electron chi connectivity index (χ3n) is 16.9. The monoisotopic (exact) mass is 953 g/mol. The number of nitrogens with zero attached hydrogens (tertiary/aromatic N) is 1. The van der Waals surface area contributed by atoms with Crippen molar-refractivity contribution in [1.82, 2.24) is 10.2 Å². The second kappa shape index (κ2) is 23.5. The number of allylic oxidation sites excluding steroid dienone is 2. The van der Waals surface area contributed by atoms with Crippen molar-refractivity contribution in [1.29, 1.82) is 0 Å². The molecule has 0 spiro atoms. The van der Waals surface area contributed by atoms with E-state index in [9.17, 15) is 24.9 Å². The molecule has 2 aromatic carbocycles. The highest BCUT2D eigenvalue weighted by Crippen LogP contribution is 2.57. The van der Waals surface area contributed by atoms with Crippen LogP contribution in [-0.2, 0) is 20.4 Å². The summed E-state index contributed by atoms with van der Waals surface area (Å²) in [6, 6.07) is 8.13. The largest absolute Gasteiger partial charge is 0.508 e. The molecule has 0 unspecified atom stereocenters. The number of carboxylic acid groups (broad SMARTS) is 1.